The number of carbonyl (C=O) groups is 2. The molecule has 0 fully saturated rings. The van der Waals surface area contributed by atoms with Crippen LogP contribution in [0.1, 0.15) is 34.1 Å². The second kappa shape index (κ2) is 5.73. The third-order valence-corrected chi connectivity index (χ3v) is 2.68. The summed E-state index contributed by atoms with van der Waals surface area (Å²) in [5.74, 6) is -1.24. The number of aliphatic carboxylic acids is 1. The number of rotatable bonds is 5. The molecule has 2 atom stereocenters. The van der Waals surface area contributed by atoms with Gasteiger partial charge in [0.15, 0.2) is 0 Å². The molecule has 4 nitrogen and oxygen atoms in total. The first-order valence-electron chi connectivity index (χ1n) is 5.32. The summed E-state index contributed by atoms with van der Waals surface area (Å²) in [6.45, 7) is 7.35. The fourth-order valence-electron chi connectivity index (χ4n) is 1.56. The van der Waals surface area contributed by atoms with Crippen LogP contribution in [0.4, 0.5) is 0 Å². The lowest BCUT2D eigenvalue weighted by molar-refractivity contribution is -0.152. The average molecular weight is 215 g/mol. The summed E-state index contributed by atoms with van der Waals surface area (Å²) < 4.78 is 0. The molecule has 0 aromatic rings. The number of carboxylic acids is 1. The molecule has 0 aliphatic rings. The highest BCUT2D eigenvalue weighted by Crippen LogP contribution is 2.14. The zero-order chi connectivity index (χ0) is 12.2. The largest absolute Gasteiger partial charge is 0.480 e. The van der Waals surface area contributed by atoms with E-state index in [9.17, 15) is 9.59 Å². The molecule has 0 aromatic heterocycles. The summed E-state index contributed by atoms with van der Waals surface area (Å²) in [5.41, 5.74) is 0. The normalized spacial score (nSPS) is 14.8. The molecule has 15 heavy (non-hydrogen) atoms. The second-order valence-corrected chi connectivity index (χ2v) is 4.29. The molecule has 0 aliphatic heterocycles. The number of hydrogen-bond donors (Lipinski definition) is 1. The number of carbonyl (C=O) groups excluding carboxylic acids is 1. The van der Waals surface area contributed by atoms with Crippen molar-refractivity contribution in [2.45, 2.75) is 40.2 Å². The molecule has 0 spiro atoms. The first kappa shape index (κ1) is 13.9. The van der Waals surface area contributed by atoms with Gasteiger partial charge in [-0.05, 0) is 12.3 Å². The fraction of sp³-hybridized carbons (Fsp3) is 0.818. The third-order valence-electron chi connectivity index (χ3n) is 2.68. The van der Waals surface area contributed by atoms with E-state index in [1.54, 1.807) is 20.9 Å². The molecule has 1 amide bonds. The number of amides is 1. The molecule has 2 unspecified atom stereocenters. The molecule has 0 aliphatic carbocycles. The average Bonchev–Trinajstić information content (AvgIpc) is 2.14. The molecule has 0 saturated heterocycles. The van der Waals surface area contributed by atoms with Crippen LogP contribution < -0.4 is 0 Å². The van der Waals surface area contributed by atoms with E-state index in [1.807, 2.05) is 13.8 Å². The highest BCUT2D eigenvalue weighted by Gasteiger charge is 2.30. The minimum atomic E-state index is -0.941. The van der Waals surface area contributed by atoms with Crippen LogP contribution in [0.2, 0.25) is 0 Å². The molecule has 0 radical (unpaired) electrons. The van der Waals surface area contributed by atoms with E-state index in [0.29, 0.717) is 0 Å². The quantitative estimate of drug-likeness (QED) is 0.757. The highest BCUT2D eigenvalue weighted by atomic mass is 16.4. The maximum Gasteiger partial charge on any atom is 0.326 e. The second-order valence-electron chi connectivity index (χ2n) is 4.29. The van der Waals surface area contributed by atoms with Gasteiger partial charge in [0.2, 0.25) is 5.91 Å². The zero-order valence-electron chi connectivity index (χ0n) is 10.2. The van der Waals surface area contributed by atoms with Gasteiger partial charge in [0, 0.05) is 13.0 Å². The Balaban J connectivity index is 4.71. The lowest BCUT2D eigenvalue weighted by Crippen LogP contribution is -2.47. The summed E-state index contributed by atoms with van der Waals surface area (Å²) >= 11 is 0. The van der Waals surface area contributed by atoms with E-state index >= 15 is 0 Å². The van der Waals surface area contributed by atoms with Crippen molar-refractivity contribution < 1.29 is 14.7 Å². The molecule has 0 heterocycles. The molecule has 1 N–H and O–H groups in total. The number of likely N-dealkylation sites (N-methyl/N-ethyl adjacent to an activating group) is 1. The number of nitrogens with zero attached hydrogens (tertiary/aromatic N) is 1. The van der Waals surface area contributed by atoms with E-state index in [-0.39, 0.29) is 17.7 Å². The molecular weight excluding hydrogens is 194 g/mol. The van der Waals surface area contributed by atoms with E-state index < -0.39 is 12.0 Å². The van der Waals surface area contributed by atoms with Gasteiger partial charge in [-0.3, -0.25) is 4.79 Å². The van der Waals surface area contributed by atoms with Crippen LogP contribution in [-0.2, 0) is 9.59 Å². The van der Waals surface area contributed by atoms with E-state index in [1.165, 1.54) is 4.90 Å². The molecule has 0 aromatic carbocycles. The van der Waals surface area contributed by atoms with Crippen molar-refractivity contribution in [1.82, 2.24) is 4.90 Å². The van der Waals surface area contributed by atoms with Crippen LogP contribution in [0.25, 0.3) is 0 Å². The monoisotopic (exact) mass is 215 g/mol. The van der Waals surface area contributed by atoms with Gasteiger partial charge in [-0.25, -0.2) is 4.79 Å². The Morgan fingerprint density at radius 3 is 2.00 bits per heavy atom. The standard InChI is InChI=1S/C11H21NO3/c1-6-8(4)10(13)12(5)9(7(2)3)11(14)15/h7-9H,6H2,1-5H3,(H,14,15). The zero-order valence-corrected chi connectivity index (χ0v) is 10.2. The lowest BCUT2D eigenvalue weighted by Gasteiger charge is -2.29. The topological polar surface area (TPSA) is 57.6 Å². The van der Waals surface area contributed by atoms with Gasteiger partial charge in [0.25, 0.3) is 0 Å². The first-order chi connectivity index (χ1) is 6.82. The predicted octanol–water partition coefficient (Wildman–Crippen LogP) is 1.60. The Bertz CT molecular complexity index is 238. The van der Waals surface area contributed by atoms with Crippen molar-refractivity contribution in [3.8, 4) is 0 Å². The number of hydrogen-bond acceptors (Lipinski definition) is 2. The van der Waals surface area contributed by atoms with Crippen molar-refractivity contribution in [3.05, 3.63) is 0 Å². The maximum absolute atomic E-state index is 11.8. The summed E-state index contributed by atoms with van der Waals surface area (Å²) in [7, 11) is 1.56. The van der Waals surface area contributed by atoms with E-state index in [2.05, 4.69) is 0 Å². The SMILES string of the molecule is CCC(C)C(=O)N(C)C(C(=O)O)C(C)C. The Morgan fingerprint density at radius 2 is 1.73 bits per heavy atom. The Hall–Kier alpha value is -1.06. The Labute approximate surface area is 91.3 Å². The van der Waals surface area contributed by atoms with Crippen LogP contribution in [0.5, 0.6) is 0 Å². The highest BCUT2D eigenvalue weighted by molar-refractivity contribution is 5.84. The first-order valence-corrected chi connectivity index (χ1v) is 5.32. The minimum Gasteiger partial charge on any atom is -0.480 e. The van der Waals surface area contributed by atoms with Crippen LogP contribution in [0, 0.1) is 11.8 Å². The van der Waals surface area contributed by atoms with Gasteiger partial charge in [-0.1, -0.05) is 27.7 Å². The van der Waals surface area contributed by atoms with E-state index in [4.69, 9.17) is 5.11 Å². The molecule has 0 rings (SSSR count). The van der Waals surface area contributed by atoms with Gasteiger partial charge < -0.3 is 10.0 Å². The van der Waals surface area contributed by atoms with Crippen molar-refractivity contribution >= 4 is 11.9 Å². The molecule has 0 saturated carbocycles. The molecule has 0 bridgehead atoms. The summed E-state index contributed by atoms with van der Waals surface area (Å²) in [6.07, 6.45) is 0.730. The number of carboxylic acid groups (broad SMARTS) is 1. The Kier molecular flexibility index (Phi) is 5.33. The molecule has 4 heteroatoms. The van der Waals surface area contributed by atoms with E-state index in [0.717, 1.165) is 6.42 Å². The summed E-state index contributed by atoms with van der Waals surface area (Å²) in [5, 5.41) is 9.02. The van der Waals surface area contributed by atoms with Gasteiger partial charge in [0.05, 0.1) is 0 Å². The summed E-state index contributed by atoms with van der Waals surface area (Å²) in [4.78, 5) is 24.1. The van der Waals surface area contributed by atoms with Crippen LogP contribution >= 0.6 is 0 Å². The fourth-order valence-corrected chi connectivity index (χ4v) is 1.56. The molecular formula is C11H21NO3. The third kappa shape index (κ3) is 3.53. The van der Waals surface area contributed by atoms with Crippen molar-refractivity contribution in [3.63, 3.8) is 0 Å². The minimum absolute atomic E-state index is 0.0829. The van der Waals surface area contributed by atoms with Crippen molar-refractivity contribution in [1.29, 1.82) is 0 Å². The van der Waals surface area contributed by atoms with Crippen molar-refractivity contribution in [2.24, 2.45) is 11.8 Å². The van der Waals surface area contributed by atoms with Gasteiger partial charge in [-0.2, -0.15) is 0 Å². The van der Waals surface area contributed by atoms with Crippen LogP contribution in [-0.4, -0.2) is 35.0 Å². The lowest BCUT2D eigenvalue weighted by atomic mass is 10.0. The maximum atomic E-state index is 11.8. The smallest absolute Gasteiger partial charge is 0.326 e. The van der Waals surface area contributed by atoms with Gasteiger partial charge in [0.1, 0.15) is 6.04 Å². The Morgan fingerprint density at radius 1 is 1.27 bits per heavy atom. The predicted molar refractivity (Wildman–Crippen MR) is 58.5 cm³/mol. The van der Waals surface area contributed by atoms with Crippen LogP contribution in [0.15, 0.2) is 0 Å². The summed E-state index contributed by atoms with van der Waals surface area (Å²) in [6, 6.07) is -0.730. The van der Waals surface area contributed by atoms with Crippen LogP contribution in [0.3, 0.4) is 0 Å². The van der Waals surface area contributed by atoms with Crippen molar-refractivity contribution in [2.75, 3.05) is 7.05 Å². The van der Waals surface area contributed by atoms with Gasteiger partial charge >= 0.3 is 5.97 Å². The van der Waals surface area contributed by atoms with Gasteiger partial charge in [-0.15, -0.1) is 0 Å². The molecule has 88 valence electrons.